The van der Waals surface area contributed by atoms with Crippen LogP contribution in [0, 0.1) is 0 Å². The quantitative estimate of drug-likeness (QED) is 0.776. The van der Waals surface area contributed by atoms with Gasteiger partial charge in [0, 0.05) is 17.5 Å². The van der Waals surface area contributed by atoms with Crippen LogP contribution >= 0.6 is 0 Å². The molecule has 7 nitrogen and oxygen atoms in total. The Labute approximate surface area is 153 Å². The number of rotatable bonds is 6. The van der Waals surface area contributed by atoms with Crippen molar-refractivity contribution in [1.82, 2.24) is 5.32 Å². The predicted molar refractivity (Wildman–Crippen MR) is 100 cm³/mol. The number of amides is 1. The number of anilines is 1. The number of sulfone groups is 1. The molecule has 1 atom stereocenters. The first kappa shape index (κ1) is 19.9. The van der Waals surface area contributed by atoms with Crippen molar-refractivity contribution < 1.29 is 21.6 Å². The first-order chi connectivity index (χ1) is 12.0. The molecule has 2 aromatic carbocycles. The summed E-state index contributed by atoms with van der Waals surface area (Å²) in [6, 6.07) is 12.0. The van der Waals surface area contributed by atoms with Gasteiger partial charge in [-0.25, -0.2) is 16.8 Å². The zero-order chi connectivity index (χ0) is 19.5. The zero-order valence-corrected chi connectivity index (χ0v) is 16.2. The summed E-state index contributed by atoms with van der Waals surface area (Å²) in [6.45, 7) is 1.77. The lowest BCUT2D eigenvalue weighted by Gasteiger charge is -2.16. The molecule has 2 N–H and O–H groups in total. The van der Waals surface area contributed by atoms with E-state index in [1.807, 2.05) is 0 Å². The number of carbonyl (C=O) groups excluding carboxylic acids is 1. The highest BCUT2D eigenvalue weighted by atomic mass is 32.2. The molecule has 0 unspecified atom stereocenters. The molecule has 2 rings (SSSR count). The second kappa shape index (κ2) is 7.46. The van der Waals surface area contributed by atoms with E-state index < -0.39 is 19.9 Å². The Bertz CT molecular complexity index is 1010. The van der Waals surface area contributed by atoms with Gasteiger partial charge in [-0.15, -0.1) is 0 Å². The van der Waals surface area contributed by atoms with Gasteiger partial charge in [-0.2, -0.15) is 0 Å². The van der Waals surface area contributed by atoms with E-state index in [1.165, 1.54) is 24.3 Å². The molecule has 0 fully saturated rings. The summed E-state index contributed by atoms with van der Waals surface area (Å²) in [5.74, 6) is -0.362. The molecule has 0 bridgehead atoms. The third-order valence-electron chi connectivity index (χ3n) is 3.58. The summed E-state index contributed by atoms with van der Waals surface area (Å²) in [5, 5.41) is 2.80. The van der Waals surface area contributed by atoms with Crippen molar-refractivity contribution >= 4 is 31.5 Å². The van der Waals surface area contributed by atoms with Gasteiger partial charge in [-0.1, -0.05) is 12.1 Å². The Hall–Kier alpha value is -2.39. The van der Waals surface area contributed by atoms with Crippen molar-refractivity contribution in [2.75, 3.05) is 17.2 Å². The van der Waals surface area contributed by atoms with Gasteiger partial charge in [0.2, 0.25) is 10.0 Å². The molecule has 0 saturated heterocycles. The standard InChI is InChI=1S/C17H20N2O5S2/c1-12(14-5-4-6-15(11-14)19-26(3,23)24)18-17(20)13-7-9-16(10-8-13)25(2,21)22/h4-12,19H,1-3H3,(H,18,20)/t12-/m0/s1. The maximum Gasteiger partial charge on any atom is 0.251 e. The highest BCUT2D eigenvalue weighted by Crippen LogP contribution is 2.19. The minimum absolute atomic E-state index is 0.140. The van der Waals surface area contributed by atoms with Gasteiger partial charge in [0.05, 0.1) is 17.2 Å². The van der Waals surface area contributed by atoms with Gasteiger partial charge in [-0.05, 0) is 48.9 Å². The van der Waals surface area contributed by atoms with Crippen molar-refractivity contribution in [3.8, 4) is 0 Å². The SMILES string of the molecule is C[C@H](NC(=O)c1ccc(S(C)(=O)=O)cc1)c1cccc(NS(C)(=O)=O)c1. The van der Waals surface area contributed by atoms with E-state index in [0.29, 0.717) is 11.3 Å². The first-order valence-electron chi connectivity index (χ1n) is 7.64. The van der Waals surface area contributed by atoms with E-state index in [-0.39, 0.29) is 16.8 Å². The van der Waals surface area contributed by atoms with Crippen molar-refractivity contribution in [1.29, 1.82) is 0 Å². The molecule has 9 heteroatoms. The third kappa shape index (κ3) is 5.57. The lowest BCUT2D eigenvalue weighted by molar-refractivity contribution is 0.0939. The van der Waals surface area contributed by atoms with Crippen molar-refractivity contribution in [2.24, 2.45) is 0 Å². The van der Waals surface area contributed by atoms with Crippen LogP contribution in [0.5, 0.6) is 0 Å². The molecular formula is C17H20N2O5S2. The molecule has 0 heterocycles. The average molecular weight is 396 g/mol. The lowest BCUT2D eigenvalue weighted by Crippen LogP contribution is -2.26. The average Bonchev–Trinajstić information content (AvgIpc) is 2.52. The van der Waals surface area contributed by atoms with E-state index in [9.17, 15) is 21.6 Å². The number of carbonyl (C=O) groups is 1. The minimum Gasteiger partial charge on any atom is -0.346 e. The number of benzene rings is 2. The van der Waals surface area contributed by atoms with Crippen molar-refractivity contribution in [2.45, 2.75) is 17.9 Å². The molecule has 26 heavy (non-hydrogen) atoms. The Morgan fingerprint density at radius 2 is 1.58 bits per heavy atom. The molecule has 0 aliphatic carbocycles. The summed E-state index contributed by atoms with van der Waals surface area (Å²) in [7, 11) is -6.71. The van der Waals surface area contributed by atoms with Gasteiger partial charge < -0.3 is 5.32 Å². The van der Waals surface area contributed by atoms with Crippen molar-refractivity contribution in [3.05, 3.63) is 59.7 Å². The Balaban J connectivity index is 2.13. The van der Waals surface area contributed by atoms with Crippen LogP contribution in [0.4, 0.5) is 5.69 Å². The van der Waals surface area contributed by atoms with Gasteiger partial charge >= 0.3 is 0 Å². The summed E-state index contributed by atoms with van der Waals surface area (Å²) in [4.78, 5) is 12.5. The van der Waals surface area contributed by atoms with Crippen LogP contribution in [0.25, 0.3) is 0 Å². The summed E-state index contributed by atoms with van der Waals surface area (Å²) in [5.41, 5.74) is 1.46. The molecule has 0 radical (unpaired) electrons. The van der Waals surface area contributed by atoms with Gasteiger partial charge in [-0.3, -0.25) is 9.52 Å². The number of nitrogens with one attached hydrogen (secondary N) is 2. The largest absolute Gasteiger partial charge is 0.346 e. The molecule has 0 aromatic heterocycles. The van der Waals surface area contributed by atoms with Crippen LogP contribution < -0.4 is 10.0 Å². The molecular weight excluding hydrogens is 376 g/mol. The van der Waals surface area contributed by atoms with E-state index in [1.54, 1.807) is 31.2 Å². The molecule has 0 spiro atoms. The van der Waals surface area contributed by atoms with Crippen LogP contribution in [-0.2, 0) is 19.9 Å². The Morgan fingerprint density at radius 1 is 0.962 bits per heavy atom. The van der Waals surface area contributed by atoms with Crippen LogP contribution in [0.1, 0.15) is 28.9 Å². The highest BCUT2D eigenvalue weighted by Gasteiger charge is 2.14. The number of hydrogen-bond acceptors (Lipinski definition) is 5. The van der Waals surface area contributed by atoms with Crippen LogP contribution in [0.2, 0.25) is 0 Å². The first-order valence-corrected chi connectivity index (χ1v) is 11.4. The minimum atomic E-state index is -3.39. The van der Waals surface area contributed by atoms with Gasteiger partial charge in [0.15, 0.2) is 9.84 Å². The smallest absolute Gasteiger partial charge is 0.251 e. The van der Waals surface area contributed by atoms with Crippen LogP contribution in [0.15, 0.2) is 53.4 Å². The maximum absolute atomic E-state index is 12.3. The van der Waals surface area contributed by atoms with E-state index in [2.05, 4.69) is 10.0 Å². The number of sulfonamides is 1. The van der Waals surface area contributed by atoms with Crippen molar-refractivity contribution in [3.63, 3.8) is 0 Å². The Kier molecular flexibility index (Phi) is 5.72. The number of hydrogen-bond donors (Lipinski definition) is 2. The molecule has 0 saturated carbocycles. The fraction of sp³-hybridized carbons (Fsp3) is 0.235. The van der Waals surface area contributed by atoms with Crippen LogP contribution in [0.3, 0.4) is 0 Å². The molecule has 140 valence electrons. The second-order valence-corrected chi connectivity index (χ2v) is 9.76. The Morgan fingerprint density at radius 3 is 2.12 bits per heavy atom. The molecule has 2 aromatic rings. The fourth-order valence-corrected chi connectivity index (χ4v) is 3.49. The van der Waals surface area contributed by atoms with E-state index >= 15 is 0 Å². The highest BCUT2D eigenvalue weighted by molar-refractivity contribution is 7.92. The summed E-state index contributed by atoms with van der Waals surface area (Å²) >= 11 is 0. The second-order valence-electron chi connectivity index (χ2n) is 5.99. The van der Waals surface area contributed by atoms with Gasteiger partial charge in [0.25, 0.3) is 5.91 Å². The maximum atomic E-state index is 12.3. The van der Waals surface area contributed by atoms with E-state index in [0.717, 1.165) is 18.1 Å². The predicted octanol–water partition coefficient (Wildman–Crippen LogP) is 1.95. The molecule has 0 aliphatic rings. The fourth-order valence-electron chi connectivity index (χ4n) is 2.30. The monoisotopic (exact) mass is 396 g/mol. The van der Waals surface area contributed by atoms with Gasteiger partial charge in [0.1, 0.15) is 0 Å². The summed E-state index contributed by atoms with van der Waals surface area (Å²) in [6.07, 6.45) is 2.16. The lowest BCUT2D eigenvalue weighted by atomic mass is 10.1. The zero-order valence-electron chi connectivity index (χ0n) is 14.6. The van der Waals surface area contributed by atoms with E-state index in [4.69, 9.17) is 0 Å². The normalized spacial score (nSPS) is 13.0. The van der Waals surface area contributed by atoms with Crippen LogP contribution in [-0.4, -0.2) is 35.3 Å². The topological polar surface area (TPSA) is 109 Å². The molecule has 1 amide bonds. The summed E-state index contributed by atoms with van der Waals surface area (Å²) < 4.78 is 47.9. The molecule has 0 aliphatic heterocycles. The third-order valence-corrected chi connectivity index (χ3v) is 5.32.